The van der Waals surface area contributed by atoms with E-state index < -0.39 is 9.05 Å². The van der Waals surface area contributed by atoms with Crippen molar-refractivity contribution < 1.29 is 17.9 Å². The normalized spacial score (nSPS) is 13.2. The summed E-state index contributed by atoms with van der Waals surface area (Å²) in [6, 6.07) is 10.6. The largest absolute Gasteiger partial charge is 0.465 e. The van der Waals surface area contributed by atoms with E-state index in [-0.39, 0.29) is 10.5 Å². The standard InChI is InChI=1S/C13H13ClO4S2/c1-9(17-2)18-11-5-3-10(4-6-11)12-7-8-13(19-12)20(14,15)16/h3-9H,1-2H3. The van der Waals surface area contributed by atoms with Gasteiger partial charge in [-0.1, -0.05) is 0 Å². The Labute approximate surface area is 126 Å². The third kappa shape index (κ3) is 3.73. The molecule has 1 unspecified atom stereocenters. The lowest BCUT2D eigenvalue weighted by Gasteiger charge is -2.12. The van der Waals surface area contributed by atoms with Gasteiger partial charge >= 0.3 is 0 Å². The molecule has 0 bridgehead atoms. The number of rotatable bonds is 5. The number of benzene rings is 1. The van der Waals surface area contributed by atoms with Crippen LogP contribution in [0.3, 0.4) is 0 Å². The quantitative estimate of drug-likeness (QED) is 0.618. The Morgan fingerprint density at radius 2 is 1.80 bits per heavy atom. The molecule has 0 spiro atoms. The van der Waals surface area contributed by atoms with Gasteiger partial charge in [0, 0.05) is 22.7 Å². The van der Waals surface area contributed by atoms with E-state index in [2.05, 4.69) is 0 Å². The van der Waals surface area contributed by atoms with Crippen LogP contribution in [-0.2, 0) is 13.8 Å². The molecule has 108 valence electrons. The van der Waals surface area contributed by atoms with E-state index in [4.69, 9.17) is 20.2 Å². The summed E-state index contributed by atoms with van der Waals surface area (Å²) >= 11 is 1.13. The van der Waals surface area contributed by atoms with Crippen LogP contribution in [0.15, 0.2) is 40.6 Å². The van der Waals surface area contributed by atoms with Crippen molar-refractivity contribution in [2.45, 2.75) is 17.4 Å². The van der Waals surface area contributed by atoms with E-state index in [1.807, 2.05) is 12.1 Å². The summed E-state index contributed by atoms with van der Waals surface area (Å²) in [6.45, 7) is 1.80. The van der Waals surface area contributed by atoms with Crippen molar-refractivity contribution >= 4 is 31.1 Å². The minimum absolute atomic E-state index is 0.141. The van der Waals surface area contributed by atoms with Crippen molar-refractivity contribution in [2.24, 2.45) is 0 Å². The highest BCUT2D eigenvalue weighted by atomic mass is 35.7. The smallest absolute Gasteiger partial charge is 0.270 e. The van der Waals surface area contributed by atoms with Gasteiger partial charge in [-0.15, -0.1) is 11.3 Å². The van der Waals surface area contributed by atoms with Gasteiger partial charge in [0.2, 0.25) is 0 Å². The number of halogens is 1. The van der Waals surface area contributed by atoms with E-state index in [0.29, 0.717) is 5.75 Å². The molecule has 0 aliphatic carbocycles. The van der Waals surface area contributed by atoms with Gasteiger partial charge < -0.3 is 9.47 Å². The Morgan fingerprint density at radius 3 is 2.30 bits per heavy atom. The van der Waals surface area contributed by atoms with Crippen LogP contribution in [0, 0.1) is 0 Å². The van der Waals surface area contributed by atoms with Crippen LogP contribution in [0.5, 0.6) is 5.75 Å². The number of thiophene rings is 1. The Balaban J connectivity index is 2.20. The highest BCUT2D eigenvalue weighted by Crippen LogP contribution is 2.33. The fraction of sp³-hybridized carbons (Fsp3) is 0.231. The number of methoxy groups -OCH3 is 1. The van der Waals surface area contributed by atoms with Crippen molar-refractivity contribution in [1.29, 1.82) is 0 Å². The maximum atomic E-state index is 11.2. The SMILES string of the molecule is COC(C)Oc1ccc(-c2ccc(S(=O)(=O)Cl)s2)cc1. The molecule has 1 aromatic heterocycles. The van der Waals surface area contributed by atoms with Gasteiger partial charge in [0.1, 0.15) is 9.96 Å². The first-order valence-corrected chi connectivity index (χ1v) is 8.87. The zero-order valence-corrected chi connectivity index (χ0v) is 13.3. The van der Waals surface area contributed by atoms with Gasteiger partial charge in [0.15, 0.2) is 6.29 Å². The summed E-state index contributed by atoms with van der Waals surface area (Å²) in [5, 5.41) is 0. The lowest BCUT2D eigenvalue weighted by atomic mass is 10.2. The number of hydrogen-bond donors (Lipinski definition) is 0. The number of hydrogen-bond acceptors (Lipinski definition) is 5. The first kappa shape index (κ1) is 15.3. The maximum Gasteiger partial charge on any atom is 0.270 e. The van der Waals surface area contributed by atoms with Crippen LogP contribution in [0.2, 0.25) is 0 Å². The fourth-order valence-corrected chi connectivity index (χ4v) is 3.62. The second-order valence-corrected chi connectivity index (χ2v) is 7.88. The lowest BCUT2D eigenvalue weighted by molar-refractivity contribution is -0.0382. The minimum atomic E-state index is -3.67. The van der Waals surface area contributed by atoms with Crippen molar-refractivity contribution in [3.63, 3.8) is 0 Å². The molecule has 7 heteroatoms. The zero-order chi connectivity index (χ0) is 14.8. The summed E-state index contributed by atoms with van der Waals surface area (Å²) in [5.74, 6) is 0.685. The average molecular weight is 333 g/mol. The van der Waals surface area contributed by atoms with E-state index >= 15 is 0 Å². The van der Waals surface area contributed by atoms with Crippen LogP contribution >= 0.6 is 22.0 Å². The van der Waals surface area contributed by atoms with E-state index in [1.165, 1.54) is 6.07 Å². The summed E-state index contributed by atoms with van der Waals surface area (Å²) in [4.78, 5) is 0.829. The van der Waals surface area contributed by atoms with Crippen LogP contribution in [0.4, 0.5) is 0 Å². The Morgan fingerprint density at radius 1 is 1.15 bits per heavy atom. The molecule has 0 radical (unpaired) electrons. The molecule has 0 amide bonds. The Kier molecular flexibility index (Phi) is 4.70. The minimum Gasteiger partial charge on any atom is -0.465 e. The van der Waals surface area contributed by atoms with Crippen LogP contribution in [0.1, 0.15) is 6.92 Å². The molecule has 20 heavy (non-hydrogen) atoms. The molecule has 2 aromatic rings. The molecule has 4 nitrogen and oxygen atoms in total. The van der Waals surface area contributed by atoms with Crippen LogP contribution in [0.25, 0.3) is 10.4 Å². The van der Waals surface area contributed by atoms with Crippen molar-refractivity contribution in [3.8, 4) is 16.2 Å². The molecule has 0 aliphatic heterocycles. The van der Waals surface area contributed by atoms with Crippen molar-refractivity contribution in [1.82, 2.24) is 0 Å². The van der Waals surface area contributed by atoms with Gasteiger partial charge in [0.05, 0.1) is 0 Å². The fourth-order valence-electron chi connectivity index (χ4n) is 1.54. The molecule has 1 heterocycles. The van der Waals surface area contributed by atoms with Gasteiger partial charge in [0.25, 0.3) is 9.05 Å². The Hall–Kier alpha value is -1.08. The Bertz CT molecular complexity index is 677. The predicted octanol–water partition coefficient (Wildman–Crippen LogP) is 3.71. The zero-order valence-electron chi connectivity index (χ0n) is 10.9. The van der Waals surface area contributed by atoms with Gasteiger partial charge in [-0.05, 0) is 48.9 Å². The van der Waals surface area contributed by atoms with Gasteiger partial charge in [-0.3, -0.25) is 0 Å². The highest BCUT2D eigenvalue weighted by molar-refractivity contribution is 8.15. The molecule has 0 N–H and O–H groups in total. The molecular formula is C13H13ClO4S2. The molecule has 1 atom stereocenters. The first-order valence-electron chi connectivity index (χ1n) is 5.74. The third-order valence-corrected chi connectivity index (χ3v) is 5.82. The van der Waals surface area contributed by atoms with E-state index in [9.17, 15) is 8.42 Å². The maximum absolute atomic E-state index is 11.2. The molecule has 0 fully saturated rings. The molecule has 0 saturated heterocycles. The van der Waals surface area contributed by atoms with Gasteiger partial charge in [-0.25, -0.2) is 8.42 Å². The predicted molar refractivity (Wildman–Crippen MR) is 79.9 cm³/mol. The summed E-state index contributed by atoms with van der Waals surface area (Å²) < 4.78 is 33.1. The summed E-state index contributed by atoms with van der Waals surface area (Å²) in [7, 11) is 3.21. The summed E-state index contributed by atoms with van der Waals surface area (Å²) in [6.07, 6.45) is -0.324. The van der Waals surface area contributed by atoms with Crippen LogP contribution < -0.4 is 4.74 Å². The molecule has 1 aromatic carbocycles. The molecular weight excluding hydrogens is 320 g/mol. The molecule has 0 aliphatic rings. The monoisotopic (exact) mass is 332 g/mol. The lowest BCUT2D eigenvalue weighted by Crippen LogP contribution is -2.13. The molecule has 2 rings (SSSR count). The molecule has 0 saturated carbocycles. The first-order chi connectivity index (χ1) is 9.40. The van der Waals surface area contributed by atoms with Gasteiger partial charge in [-0.2, -0.15) is 0 Å². The average Bonchev–Trinajstić information content (AvgIpc) is 2.89. The second-order valence-electron chi connectivity index (χ2n) is 4.00. The van der Waals surface area contributed by atoms with Crippen LogP contribution in [-0.4, -0.2) is 21.8 Å². The summed E-state index contributed by atoms with van der Waals surface area (Å²) in [5.41, 5.74) is 0.902. The van der Waals surface area contributed by atoms with Crippen molar-refractivity contribution in [3.05, 3.63) is 36.4 Å². The van der Waals surface area contributed by atoms with Crippen molar-refractivity contribution in [2.75, 3.05) is 7.11 Å². The topological polar surface area (TPSA) is 52.6 Å². The van der Waals surface area contributed by atoms with E-state index in [1.54, 1.807) is 32.2 Å². The second kappa shape index (κ2) is 6.13. The van der Waals surface area contributed by atoms with E-state index in [0.717, 1.165) is 21.8 Å². The number of ether oxygens (including phenoxy) is 2. The highest BCUT2D eigenvalue weighted by Gasteiger charge is 2.14. The third-order valence-electron chi connectivity index (χ3n) is 2.59.